The summed E-state index contributed by atoms with van der Waals surface area (Å²) in [5.74, 6) is 1.95. The minimum absolute atomic E-state index is 0. The van der Waals surface area contributed by atoms with Gasteiger partial charge in [0.1, 0.15) is 6.61 Å². The fourth-order valence-corrected chi connectivity index (χ4v) is 3.34. The quantitative estimate of drug-likeness (QED) is 0.334. The lowest BCUT2D eigenvalue weighted by atomic mass is 9.96. The summed E-state index contributed by atoms with van der Waals surface area (Å²) < 4.78 is 11.4. The van der Waals surface area contributed by atoms with Crippen LogP contribution in [0.1, 0.15) is 43.2 Å². The van der Waals surface area contributed by atoms with Crippen molar-refractivity contribution in [2.75, 3.05) is 7.11 Å². The SMILES string of the molecule is COc1cc(CN=C(N)NC2CCCCC2)ccc1OCc1ccccc1.I. The number of hydrogen-bond donors (Lipinski definition) is 2. The number of aliphatic imine (C=N–C) groups is 1. The van der Waals surface area contributed by atoms with Crippen LogP contribution in [-0.4, -0.2) is 19.1 Å². The Morgan fingerprint density at radius 2 is 1.79 bits per heavy atom. The number of methoxy groups -OCH3 is 1. The van der Waals surface area contributed by atoms with E-state index in [2.05, 4.69) is 10.3 Å². The highest BCUT2D eigenvalue weighted by atomic mass is 127. The number of benzene rings is 2. The van der Waals surface area contributed by atoms with E-state index < -0.39 is 0 Å². The highest BCUT2D eigenvalue weighted by Gasteiger charge is 2.13. The Kier molecular flexibility index (Phi) is 9.40. The van der Waals surface area contributed by atoms with E-state index in [1.165, 1.54) is 32.1 Å². The van der Waals surface area contributed by atoms with Crippen LogP contribution < -0.4 is 20.5 Å². The van der Waals surface area contributed by atoms with Crippen LogP contribution in [0.4, 0.5) is 0 Å². The van der Waals surface area contributed by atoms with Crippen LogP contribution >= 0.6 is 24.0 Å². The van der Waals surface area contributed by atoms with Crippen molar-refractivity contribution in [3.05, 3.63) is 59.7 Å². The van der Waals surface area contributed by atoms with Crippen LogP contribution in [0, 0.1) is 0 Å². The molecule has 6 heteroatoms. The van der Waals surface area contributed by atoms with Gasteiger partial charge in [-0.25, -0.2) is 4.99 Å². The third-order valence-corrected chi connectivity index (χ3v) is 4.85. The van der Waals surface area contributed by atoms with Gasteiger partial charge in [-0.1, -0.05) is 55.7 Å². The number of rotatable bonds is 7. The molecular formula is C22H30IN3O2. The molecule has 0 heterocycles. The molecule has 28 heavy (non-hydrogen) atoms. The Bertz CT molecular complexity index is 747. The topological polar surface area (TPSA) is 68.9 Å². The Balaban J connectivity index is 0.00000280. The minimum atomic E-state index is 0. The summed E-state index contributed by atoms with van der Waals surface area (Å²) in [5.41, 5.74) is 8.20. The normalized spacial score (nSPS) is 14.8. The maximum atomic E-state index is 6.05. The van der Waals surface area contributed by atoms with Crippen molar-refractivity contribution < 1.29 is 9.47 Å². The lowest BCUT2D eigenvalue weighted by Crippen LogP contribution is -2.41. The second-order valence-corrected chi connectivity index (χ2v) is 6.94. The van der Waals surface area contributed by atoms with Gasteiger partial charge in [0.25, 0.3) is 0 Å². The van der Waals surface area contributed by atoms with E-state index in [4.69, 9.17) is 15.2 Å². The molecule has 2 aromatic rings. The van der Waals surface area contributed by atoms with Crippen LogP contribution in [0.3, 0.4) is 0 Å². The predicted octanol–water partition coefficient (Wildman–Crippen LogP) is 4.63. The van der Waals surface area contributed by atoms with Crippen LogP contribution in [0.2, 0.25) is 0 Å². The van der Waals surface area contributed by atoms with Gasteiger partial charge in [-0.2, -0.15) is 0 Å². The van der Waals surface area contributed by atoms with Crippen molar-refractivity contribution in [2.45, 2.75) is 51.3 Å². The molecule has 0 spiro atoms. The van der Waals surface area contributed by atoms with E-state index in [1.807, 2.05) is 48.5 Å². The lowest BCUT2D eigenvalue weighted by molar-refractivity contribution is 0.284. The molecule has 3 rings (SSSR count). The Labute approximate surface area is 184 Å². The molecule has 1 saturated carbocycles. The fourth-order valence-electron chi connectivity index (χ4n) is 3.34. The molecule has 5 nitrogen and oxygen atoms in total. The minimum Gasteiger partial charge on any atom is -0.493 e. The second kappa shape index (κ2) is 11.8. The van der Waals surface area contributed by atoms with Gasteiger partial charge in [-0.05, 0) is 36.1 Å². The fraction of sp³-hybridized carbons (Fsp3) is 0.409. The molecule has 0 aliphatic heterocycles. The van der Waals surface area contributed by atoms with Gasteiger partial charge in [-0.3, -0.25) is 0 Å². The molecule has 0 bridgehead atoms. The molecule has 0 unspecified atom stereocenters. The van der Waals surface area contributed by atoms with E-state index >= 15 is 0 Å². The molecule has 0 aromatic heterocycles. The highest BCUT2D eigenvalue weighted by Crippen LogP contribution is 2.29. The highest BCUT2D eigenvalue weighted by molar-refractivity contribution is 14.0. The van der Waals surface area contributed by atoms with Crippen molar-refractivity contribution in [1.29, 1.82) is 0 Å². The van der Waals surface area contributed by atoms with Crippen molar-refractivity contribution in [1.82, 2.24) is 5.32 Å². The van der Waals surface area contributed by atoms with Gasteiger partial charge in [0.2, 0.25) is 0 Å². The van der Waals surface area contributed by atoms with E-state index in [0.29, 0.717) is 30.9 Å². The van der Waals surface area contributed by atoms with Gasteiger partial charge in [0.05, 0.1) is 13.7 Å². The zero-order valence-electron chi connectivity index (χ0n) is 16.4. The molecule has 2 aromatic carbocycles. The molecule has 152 valence electrons. The first-order valence-electron chi connectivity index (χ1n) is 9.64. The molecular weight excluding hydrogens is 465 g/mol. The third-order valence-electron chi connectivity index (χ3n) is 4.85. The van der Waals surface area contributed by atoms with Crippen LogP contribution in [0.15, 0.2) is 53.5 Å². The van der Waals surface area contributed by atoms with E-state index in [9.17, 15) is 0 Å². The number of guanidine groups is 1. The summed E-state index contributed by atoms with van der Waals surface area (Å²) in [7, 11) is 1.65. The first-order valence-corrected chi connectivity index (χ1v) is 9.64. The van der Waals surface area contributed by atoms with Gasteiger partial charge in [0, 0.05) is 6.04 Å². The molecule has 0 amide bonds. The Morgan fingerprint density at radius 1 is 1.04 bits per heavy atom. The summed E-state index contributed by atoms with van der Waals surface area (Å²) in [6.45, 7) is 1.02. The van der Waals surface area contributed by atoms with Crippen molar-refractivity contribution in [2.24, 2.45) is 10.7 Å². The first kappa shape index (κ1) is 22.3. The number of hydrogen-bond acceptors (Lipinski definition) is 3. The maximum absolute atomic E-state index is 6.05. The molecule has 3 N–H and O–H groups in total. The number of nitrogens with zero attached hydrogens (tertiary/aromatic N) is 1. The number of ether oxygens (including phenoxy) is 2. The Morgan fingerprint density at radius 3 is 2.50 bits per heavy atom. The summed E-state index contributed by atoms with van der Waals surface area (Å²) in [6, 6.07) is 16.4. The largest absolute Gasteiger partial charge is 0.493 e. The molecule has 0 radical (unpaired) electrons. The second-order valence-electron chi connectivity index (χ2n) is 6.94. The Hall–Kier alpha value is -1.96. The van der Waals surface area contributed by atoms with Gasteiger partial charge < -0.3 is 20.5 Å². The summed E-state index contributed by atoms with van der Waals surface area (Å²) in [4.78, 5) is 4.47. The maximum Gasteiger partial charge on any atom is 0.189 e. The monoisotopic (exact) mass is 495 g/mol. The van der Waals surface area contributed by atoms with E-state index in [1.54, 1.807) is 7.11 Å². The van der Waals surface area contributed by atoms with Crippen molar-refractivity contribution in [3.63, 3.8) is 0 Å². The number of nitrogens with one attached hydrogen (secondary N) is 1. The molecule has 0 atom stereocenters. The number of halogens is 1. The summed E-state index contributed by atoms with van der Waals surface area (Å²) >= 11 is 0. The van der Waals surface area contributed by atoms with Crippen LogP contribution in [0.25, 0.3) is 0 Å². The standard InChI is InChI=1S/C22H29N3O2.HI/c1-26-21-14-18(15-24-22(23)25-19-10-6-3-7-11-19)12-13-20(21)27-16-17-8-4-2-5-9-17;/h2,4-5,8-9,12-14,19H,3,6-7,10-11,15-16H2,1H3,(H3,23,24,25);1H. The average molecular weight is 495 g/mol. The van der Waals surface area contributed by atoms with E-state index in [-0.39, 0.29) is 24.0 Å². The van der Waals surface area contributed by atoms with E-state index in [0.717, 1.165) is 16.9 Å². The van der Waals surface area contributed by atoms with Crippen molar-refractivity contribution in [3.8, 4) is 11.5 Å². The predicted molar refractivity (Wildman–Crippen MR) is 125 cm³/mol. The van der Waals surface area contributed by atoms with Gasteiger partial charge >= 0.3 is 0 Å². The molecule has 1 fully saturated rings. The molecule has 1 aliphatic carbocycles. The summed E-state index contributed by atoms with van der Waals surface area (Å²) in [5, 5.41) is 3.34. The van der Waals surface area contributed by atoms with Crippen molar-refractivity contribution >= 4 is 29.9 Å². The third kappa shape index (κ3) is 6.89. The summed E-state index contributed by atoms with van der Waals surface area (Å²) in [6.07, 6.45) is 6.22. The average Bonchev–Trinajstić information content (AvgIpc) is 2.72. The van der Waals surface area contributed by atoms with Crippen LogP contribution in [-0.2, 0) is 13.2 Å². The zero-order chi connectivity index (χ0) is 18.9. The van der Waals surface area contributed by atoms with Gasteiger partial charge in [-0.15, -0.1) is 24.0 Å². The lowest BCUT2D eigenvalue weighted by Gasteiger charge is -2.23. The number of nitrogens with two attached hydrogens (primary N) is 1. The zero-order valence-corrected chi connectivity index (χ0v) is 18.7. The van der Waals surface area contributed by atoms with Crippen LogP contribution in [0.5, 0.6) is 11.5 Å². The van der Waals surface area contributed by atoms with Gasteiger partial charge in [0.15, 0.2) is 17.5 Å². The molecule has 1 aliphatic rings. The molecule has 0 saturated heterocycles. The smallest absolute Gasteiger partial charge is 0.189 e. The first-order chi connectivity index (χ1) is 13.2.